The number of nitrogen functional groups attached to an aromatic ring is 1. The van der Waals surface area contributed by atoms with Crippen molar-refractivity contribution in [1.29, 1.82) is 0 Å². The molecule has 84 valence electrons. The van der Waals surface area contributed by atoms with E-state index in [1.54, 1.807) is 0 Å². The summed E-state index contributed by atoms with van der Waals surface area (Å²) in [5.41, 5.74) is 5.77. The van der Waals surface area contributed by atoms with Crippen LogP contribution in [0.5, 0.6) is 5.75 Å². The fourth-order valence-corrected chi connectivity index (χ4v) is 1.12. The summed E-state index contributed by atoms with van der Waals surface area (Å²) in [6, 6.07) is 4.75. The van der Waals surface area contributed by atoms with Crippen molar-refractivity contribution in [1.82, 2.24) is 5.16 Å². The lowest BCUT2D eigenvalue weighted by Crippen LogP contribution is -1.96. The van der Waals surface area contributed by atoms with Crippen molar-refractivity contribution >= 4 is 5.88 Å². The molecule has 0 aliphatic heterocycles. The van der Waals surface area contributed by atoms with Crippen LogP contribution in [0.25, 0.3) is 0 Å². The predicted molar refractivity (Wildman–Crippen MR) is 51.6 cm³/mol. The van der Waals surface area contributed by atoms with Gasteiger partial charge in [0, 0.05) is 12.1 Å². The Morgan fingerprint density at radius 2 is 2.06 bits per heavy atom. The van der Waals surface area contributed by atoms with Crippen LogP contribution in [-0.4, -0.2) is 5.16 Å². The van der Waals surface area contributed by atoms with Gasteiger partial charge in [0.05, 0.1) is 0 Å². The van der Waals surface area contributed by atoms with Crippen molar-refractivity contribution in [3.05, 3.63) is 41.6 Å². The Hall–Kier alpha value is -2.11. The standard InChI is InChI=1S/C10H8F2N2O2/c11-8-2-1-7(4-9(8)12)15-5-6-3-10(13)16-14-6/h1-4H,5,13H2. The van der Waals surface area contributed by atoms with E-state index in [4.69, 9.17) is 10.5 Å². The number of anilines is 1. The summed E-state index contributed by atoms with van der Waals surface area (Å²) in [7, 11) is 0. The summed E-state index contributed by atoms with van der Waals surface area (Å²) in [6.45, 7) is 0.0752. The molecule has 0 spiro atoms. The van der Waals surface area contributed by atoms with Crippen molar-refractivity contribution in [3.63, 3.8) is 0 Å². The average Bonchev–Trinajstić information content (AvgIpc) is 2.66. The van der Waals surface area contributed by atoms with Crippen LogP contribution in [0.15, 0.2) is 28.8 Å². The molecule has 1 heterocycles. The fourth-order valence-electron chi connectivity index (χ4n) is 1.12. The molecule has 1 aromatic carbocycles. The molecule has 0 unspecified atom stereocenters. The van der Waals surface area contributed by atoms with Crippen LogP contribution < -0.4 is 10.5 Å². The Labute approximate surface area is 89.6 Å². The van der Waals surface area contributed by atoms with Gasteiger partial charge in [0.2, 0.25) is 5.88 Å². The topological polar surface area (TPSA) is 61.3 Å². The van der Waals surface area contributed by atoms with Gasteiger partial charge in [-0.15, -0.1) is 0 Å². The maximum atomic E-state index is 12.8. The Morgan fingerprint density at radius 3 is 2.69 bits per heavy atom. The van der Waals surface area contributed by atoms with Gasteiger partial charge >= 0.3 is 0 Å². The van der Waals surface area contributed by atoms with Crippen LogP contribution in [0.2, 0.25) is 0 Å². The SMILES string of the molecule is Nc1cc(COc2ccc(F)c(F)c2)no1. The molecule has 0 saturated heterocycles. The van der Waals surface area contributed by atoms with E-state index in [-0.39, 0.29) is 18.2 Å². The van der Waals surface area contributed by atoms with Gasteiger partial charge in [-0.3, -0.25) is 0 Å². The van der Waals surface area contributed by atoms with E-state index in [0.717, 1.165) is 12.1 Å². The third kappa shape index (κ3) is 2.28. The summed E-state index contributed by atoms with van der Waals surface area (Å²) in [6.07, 6.45) is 0. The first-order valence-corrected chi connectivity index (χ1v) is 4.44. The second kappa shape index (κ2) is 4.18. The summed E-state index contributed by atoms with van der Waals surface area (Å²) >= 11 is 0. The molecular weight excluding hydrogens is 218 g/mol. The average molecular weight is 226 g/mol. The molecule has 0 aliphatic rings. The zero-order valence-corrected chi connectivity index (χ0v) is 8.11. The van der Waals surface area contributed by atoms with E-state index in [0.29, 0.717) is 5.69 Å². The quantitative estimate of drug-likeness (QED) is 0.870. The second-order valence-electron chi connectivity index (χ2n) is 3.09. The number of halogens is 2. The van der Waals surface area contributed by atoms with E-state index < -0.39 is 11.6 Å². The van der Waals surface area contributed by atoms with Gasteiger partial charge in [-0.25, -0.2) is 8.78 Å². The smallest absolute Gasteiger partial charge is 0.222 e. The molecule has 2 aromatic rings. The first-order valence-electron chi connectivity index (χ1n) is 4.44. The van der Waals surface area contributed by atoms with Crippen LogP contribution in [-0.2, 0) is 6.61 Å². The van der Waals surface area contributed by atoms with Crippen molar-refractivity contribution in [2.45, 2.75) is 6.61 Å². The van der Waals surface area contributed by atoms with Gasteiger partial charge in [0.15, 0.2) is 11.6 Å². The molecule has 0 aliphatic carbocycles. The van der Waals surface area contributed by atoms with E-state index in [9.17, 15) is 8.78 Å². The number of hydrogen-bond donors (Lipinski definition) is 1. The number of aromatic nitrogens is 1. The Morgan fingerprint density at radius 1 is 1.25 bits per heavy atom. The molecule has 2 rings (SSSR count). The second-order valence-corrected chi connectivity index (χ2v) is 3.09. The highest BCUT2D eigenvalue weighted by atomic mass is 19.2. The Bertz CT molecular complexity index is 499. The van der Waals surface area contributed by atoms with Crippen LogP contribution in [0.4, 0.5) is 14.7 Å². The third-order valence-corrected chi connectivity index (χ3v) is 1.85. The monoisotopic (exact) mass is 226 g/mol. The first kappa shape index (κ1) is 10.4. The van der Waals surface area contributed by atoms with Crippen LogP contribution in [0.3, 0.4) is 0 Å². The first-order chi connectivity index (χ1) is 7.65. The van der Waals surface area contributed by atoms with Gasteiger partial charge in [0.25, 0.3) is 0 Å². The lowest BCUT2D eigenvalue weighted by molar-refractivity contribution is 0.288. The van der Waals surface area contributed by atoms with E-state index in [1.165, 1.54) is 12.1 Å². The lowest BCUT2D eigenvalue weighted by atomic mass is 10.3. The molecule has 16 heavy (non-hydrogen) atoms. The molecule has 6 heteroatoms. The molecule has 0 atom stereocenters. The van der Waals surface area contributed by atoms with Crippen LogP contribution in [0.1, 0.15) is 5.69 Å². The predicted octanol–water partition coefficient (Wildman–Crippen LogP) is 2.11. The molecule has 0 amide bonds. The minimum absolute atomic E-state index is 0.0752. The summed E-state index contributed by atoms with van der Waals surface area (Å²) in [5.74, 6) is -1.50. The highest BCUT2D eigenvalue weighted by Gasteiger charge is 2.05. The number of nitrogens with zero attached hydrogens (tertiary/aromatic N) is 1. The van der Waals surface area contributed by atoms with E-state index in [2.05, 4.69) is 9.68 Å². The Kier molecular flexibility index (Phi) is 2.72. The third-order valence-electron chi connectivity index (χ3n) is 1.85. The zero-order chi connectivity index (χ0) is 11.5. The molecule has 0 radical (unpaired) electrons. The fraction of sp³-hybridized carbons (Fsp3) is 0.100. The van der Waals surface area contributed by atoms with Crippen molar-refractivity contribution < 1.29 is 18.0 Å². The zero-order valence-electron chi connectivity index (χ0n) is 8.11. The van der Waals surface area contributed by atoms with Crippen molar-refractivity contribution in [2.75, 3.05) is 5.73 Å². The highest BCUT2D eigenvalue weighted by molar-refractivity contribution is 5.26. The van der Waals surface area contributed by atoms with Crippen LogP contribution >= 0.6 is 0 Å². The normalized spacial score (nSPS) is 10.4. The maximum Gasteiger partial charge on any atom is 0.222 e. The van der Waals surface area contributed by atoms with Crippen LogP contribution in [0, 0.1) is 11.6 Å². The number of ether oxygens (including phenoxy) is 1. The van der Waals surface area contributed by atoms with Gasteiger partial charge in [0.1, 0.15) is 18.1 Å². The van der Waals surface area contributed by atoms with E-state index >= 15 is 0 Å². The maximum absolute atomic E-state index is 12.8. The minimum atomic E-state index is -0.961. The molecule has 2 N–H and O–H groups in total. The van der Waals surface area contributed by atoms with E-state index in [1.807, 2.05) is 0 Å². The number of nitrogens with two attached hydrogens (primary N) is 1. The molecule has 0 bridgehead atoms. The van der Waals surface area contributed by atoms with Gasteiger partial charge < -0.3 is 15.0 Å². The molecule has 4 nitrogen and oxygen atoms in total. The highest BCUT2D eigenvalue weighted by Crippen LogP contribution is 2.17. The van der Waals surface area contributed by atoms with Crippen molar-refractivity contribution in [2.24, 2.45) is 0 Å². The summed E-state index contributed by atoms with van der Waals surface area (Å²) in [4.78, 5) is 0. The van der Waals surface area contributed by atoms with Gasteiger partial charge in [-0.1, -0.05) is 5.16 Å². The summed E-state index contributed by atoms with van der Waals surface area (Å²) in [5, 5.41) is 3.58. The molecule has 1 aromatic heterocycles. The minimum Gasteiger partial charge on any atom is -0.487 e. The largest absolute Gasteiger partial charge is 0.487 e. The number of hydrogen-bond acceptors (Lipinski definition) is 4. The summed E-state index contributed by atoms with van der Waals surface area (Å²) < 4.78 is 35.2. The van der Waals surface area contributed by atoms with Gasteiger partial charge in [-0.2, -0.15) is 0 Å². The number of benzene rings is 1. The Balaban J connectivity index is 2.02. The molecular formula is C10H8F2N2O2. The lowest BCUT2D eigenvalue weighted by Gasteiger charge is -2.03. The number of rotatable bonds is 3. The van der Waals surface area contributed by atoms with Crippen molar-refractivity contribution in [3.8, 4) is 5.75 Å². The van der Waals surface area contributed by atoms with Gasteiger partial charge in [-0.05, 0) is 12.1 Å². The molecule has 0 fully saturated rings. The molecule has 0 saturated carbocycles.